The zero-order valence-corrected chi connectivity index (χ0v) is 10.9. The smallest absolute Gasteiger partial charge is 0.328 e. The molecule has 3 N–H and O–H groups in total. The average Bonchev–Trinajstić information content (AvgIpc) is 2.72. The number of nitrogens with one attached hydrogen (secondary N) is 2. The summed E-state index contributed by atoms with van der Waals surface area (Å²) in [5.41, 5.74) is 0.556. The Morgan fingerprint density at radius 3 is 2.68 bits per heavy atom. The zero-order chi connectivity index (χ0) is 14.0. The number of fused-ring (bicyclic) bond motifs is 1. The van der Waals surface area contributed by atoms with Crippen molar-refractivity contribution < 1.29 is 14.7 Å². The van der Waals surface area contributed by atoms with Crippen molar-refractivity contribution in [1.29, 1.82) is 0 Å². The summed E-state index contributed by atoms with van der Waals surface area (Å²) in [6, 6.07) is 7.67. The SMILES string of the molecule is CC(C)(NC(=O)Cc1c[nH]c2ccccc12)C(=O)O. The highest BCUT2D eigenvalue weighted by Crippen LogP contribution is 2.18. The van der Waals surface area contributed by atoms with Gasteiger partial charge in [-0.15, -0.1) is 0 Å². The summed E-state index contributed by atoms with van der Waals surface area (Å²) in [6.07, 6.45) is 1.93. The van der Waals surface area contributed by atoms with Crippen LogP contribution in [0.4, 0.5) is 0 Å². The number of rotatable bonds is 4. The zero-order valence-electron chi connectivity index (χ0n) is 10.9. The number of para-hydroxylation sites is 1. The highest BCUT2D eigenvalue weighted by molar-refractivity contribution is 5.91. The Morgan fingerprint density at radius 1 is 1.32 bits per heavy atom. The van der Waals surface area contributed by atoms with Crippen molar-refractivity contribution in [3.05, 3.63) is 36.0 Å². The van der Waals surface area contributed by atoms with Crippen LogP contribution in [0.1, 0.15) is 19.4 Å². The lowest BCUT2D eigenvalue weighted by Gasteiger charge is -2.20. The van der Waals surface area contributed by atoms with E-state index in [9.17, 15) is 9.59 Å². The third-order valence-corrected chi connectivity index (χ3v) is 3.01. The molecule has 0 fully saturated rings. The van der Waals surface area contributed by atoms with E-state index in [1.165, 1.54) is 13.8 Å². The number of aromatic nitrogens is 1. The van der Waals surface area contributed by atoms with Gasteiger partial charge < -0.3 is 15.4 Å². The van der Waals surface area contributed by atoms with Crippen molar-refractivity contribution in [2.24, 2.45) is 0 Å². The van der Waals surface area contributed by atoms with Gasteiger partial charge in [-0.05, 0) is 25.5 Å². The van der Waals surface area contributed by atoms with Gasteiger partial charge >= 0.3 is 5.97 Å². The van der Waals surface area contributed by atoms with Gasteiger partial charge in [0.05, 0.1) is 6.42 Å². The molecular weight excluding hydrogens is 244 g/mol. The van der Waals surface area contributed by atoms with Crippen molar-refractivity contribution in [2.45, 2.75) is 25.8 Å². The maximum absolute atomic E-state index is 11.9. The van der Waals surface area contributed by atoms with E-state index >= 15 is 0 Å². The number of aliphatic carboxylic acids is 1. The minimum absolute atomic E-state index is 0.153. The highest BCUT2D eigenvalue weighted by Gasteiger charge is 2.28. The predicted octanol–water partition coefficient (Wildman–Crippen LogP) is 1.69. The molecule has 0 saturated carbocycles. The van der Waals surface area contributed by atoms with Crippen molar-refractivity contribution >= 4 is 22.8 Å². The van der Waals surface area contributed by atoms with Crippen LogP contribution in [0.3, 0.4) is 0 Å². The number of carboxylic acids is 1. The Labute approximate surface area is 110 Å². The van der Waals surface area contributed by atoms with E-state index in [0.29, 0.717) is 0 Å². The normalized spacial score (nSPS) is 11.5. The molecule has 5 nitrogen and oxygen atoms in total. The number of carboxylic acid groups (broad SMARTS) is 1. The quantitative estimate of drug-likeness (QED) is 0.782. The molecular formula is C14H16N2O3. The van der Waals surface area contributed by atoms with Crippen molar-refractivity contribution in [3.8, 4) is 0 Å². The van der Waals surface area contributed by atoms with Gasteiger partial charge in [0.1, 0.15) is 5.54 Å². The van der Waals surface area contributed by atoms with Gasteiger partial charge in [0.25, 0.3) is 0 Å². The first-order chi connectivity index (χ1) is 8.90. The molecule has 1 aromatic heterocycles. The van der Waals surface area contributed by atoms with E-state index in [1.54, 1.807) is 6.20 Å². The molecule has 5 heteroatoms. The van der Waals surface area contributed by atoms with Gasteiger partial charge in [-0.3, -0.25) is 4.79 Å². The first-order valence-electron chi connectivity index (χ1n) is 5.99. The van der Waals surface area contributed by atoms with E-state index in [1.807, 2.05) is 24.3 Å². The molecule has 0 aliphatic carbocycles. The molecule has 1 amide bonds. The number of H-pyrrole nitrogens is 1. The van der Waals surface area contributed by atoms with Crippen LogP contribution in [0.5, 0.6) is 0 Å². The summed E-state index contributed by atoms with van der Waals surface area (Å²) >= 11 is 0. The number of amides is 1. The third-order valence-electron chi connectivity index (χ3n) is 3.01. The van der Waals surface area contributed by atoms with Gasteiger partial charge in [0, 0.05) is 17.1 Å². The largest absolute Gasteiger partial charge is 0.480 e. The molecule has 0 unspecified atom stereocenters. The number of carbonyl (C=O) groups is 2. The van der Waals surface area contributed by atoms with Crippen LogP contribution >= 0.6 is 0 Å². The van der Waals surface area contributed by atoms with Crippen LogP contribution in [-0.4, -0.2) is 27.5 Å². The van der Waals surface area contributed by atoms with Gasteiger partial charge in [-0.2, -0.15) is 0 Å². The standard InChI is InChI=1S/C14H16N2O3/c1-14(2,13(18)19)16-12(17)7-9-8-15-11-6-4-3-5-10(9)11/h3-6,8,15H,7H2,1-2H3,(H,16,17)(H,18,19). The second-order valence-corrected chi connectivity index (χ2v) is 5.01. The summed E-state index contributed by atoms with van der Waals surface area (Å²) in [4.78, 5) is 25.9. The summed E-state index contributed by atoms with van der Waals surface area (Å²) < 4.78 is 0. The summed E-state index contributed by atoms with van der Waals surface area (Å²) in [6.45, 7) is 2.92. The fourth-order valence-electron chi connectivity index (χ4n) is 1.90. The van der Waals surface area contributed by atoms with E-state index in [4.69, 9.17) is 5.11 Å². The van der Waals surface area contributed by atoms with E-state index in [2.05, 4.69) is 10.3 Å². The van der Waals surface area contributed by atoms with E-state index < -0.39 is 11.5 Å². The molecule has 2 rings (SSSR count). The van der Waals surface area contributed by atoms with E-state index in [0.717, 1.165) is 16.5 Å². The summed E-state index contributed by atoms with van der Waals surface area (Å²) in [5.74, 6) is -1.36. The lowest BCUT2D eigenvalue weighted by molar-refractivity contribution is -0.145. The monoisotopic (exact) mass is 260 g/mol. The lowest BCUT2D eigenvalue weighted by Crippen LogP contribution is -2.50. The van der Waals surface area contributed by atoms with Crippen molar-refractivity contribution in [3.63, 3.8) is 0 Å². The van der Waals surface area contributed by atoms with E-state index in [-0.39, 0.29) is 12.3 Å². The number of hydrogen-bond donors (Lipinski definition) is 3. The minimum atomic E-state index is -1.26. The number of carbonyl (C=O) groups excluding carboxylic acids is 1. The highest BCUT2D eigenvalue weighted by atomic mass is 16.4. The molecule has 100 valence electrons. The van der Waals surface area contributed by atoms with Crippen molar-refractivity contribution in [2.75, 3.05) is 0 Å². The second kappa shape index (κ2) is 4.76. The Balaban J connectivity index is 2.13. The molecule has 0 radical (unpaired) electrons. The molecule has 19 heavy (non-hydrogen) atoms. The maximum atomic E-state index is 11.9. The molecule has 1 aromatic carbocycles. The Hall–Kier alpha value is -2.30. The number of benzene rings is 1. The molecule has 0 atom stereocenters. The third kappa shape index (κ3) is 2.76. The first-order valence-corrected chi connectivity index (χ1v) is 5.99. The number of hydrogen-bond acceptors (Lipinski definition) is 2. The predicted molar refractivity (Wildman–Crippen MR) is 71.9 cm³/mol. The fraction of sp³-hybridized carbons (Fsp3) is 0.286. The van der Waals surface area contributed by atoms with Gasteiger partial charge in [-0.1, -0.05) is 18.2 Å². The average molecular weight is 260 g/mol. The van der Waals surface area contributed by atoms with Crippen LogP contribution < -0.4 is 5.32 Å². The topological polar surface area (TPSA) is 82.2 Å². The van der Waals surface area contributed by atoms with Crippen LogP contribution in [0.15, 0.2) is 30.5 Å². The van der Waals surface area contributed by atoms with Crippen molar-refractivity contribution in [1.82, 2.24) is 10.3 Å². The van der Waals surface area contributed by atoms with Crippen LogP contribution in [0.2, 0.25) is 0 Å². The molecule has 0 aliphatic heterocycles. The molecule has 0 bridgehead atoms. The van der Waals surface area contributed by atoms with Crippen LogP contribution in [0.25, 0.3) is 10.9 Å². The lowest BCUT2D eigenvalue weighted by atomic mass is 10.0. The Kier molecular flexibility index (Phi) is 3.29. The fourth-order valence-corrected chi connectivity index (χ4v) is 1.90. The summed E-state index contributed by atoms with van der Waals surface area (Å²) in [7, 11) is 0. The molecule has 0 aliphatic rings. The minimum Gasteiger partial charge on any atom is -0.480 e. The molecule has 2 aromatic rings. The van der Waals surface area contributed by atoms with Gasteiger partial charge in [0.2, 0.25) is 5.91 Å². The molecule has 0 saturated heterocycles. The molecule has 0 spiro atoms. The van der Waals surface area contributed by atoms with Crippen LogP contribution in [-0.2, 0) is 16.0 Å². The maximum Gasteiger partial charge on any atom is 0.328 e. The molecule has 1 heterocycles. The summed E-state index contributed by atoms with van der Waals surface area (Å²) in [5, 5.41) is 12.5. The van der Waals surface area contributed by atoms with Gasteiger partial charge in [-0.25, -0.2) is 4.79 Å². The Bertz CT molecular complexity index is 628. The Morgan fingerprint density at radius 2 is 2.00 bits per heavy atom. The second-order valence-electron chi connectivity index (χ2n) is 5.01. The first kappa shape index (κ1) is 13.1. The van der Waals surface area contributed by atoms with Crippen LogP contribution in [0, 0.1) is 0 Å². The number of aromatic amines is 1. The van der Waals surface area contributed by atoms with Gasteiger partial charge in [0.15, 0.2) is 0 Å².